The van der Waals surface area contributed by atoms with Crippen molar-refractivity contribution in [3.63, 3.8) is 0 Å². The Hall–Kier alpha value is -1.80. The topological polar surface area (TPSA) is 87.3 Å². The molecular weight excluding hydrogens is 409 g/mol. The number of rotatable bonds is 8. The minimum absolute atomic E-state index is 0. The van der Waals surface area contributed by atoms with E-state index in [-0.39, 0.29) is 23.2 Å². The smallest absolute Gasteiger partial charge is 0.262 e. The molecule has 0 atom stereocenters. The third-order valence-corrected chi connectivity index (χ3v) is 5.41. The van der Waals surface area contributed by atoms with Crippen LogP contribution < -0.4 is 15.4 Å². The van der Waals surface area contributed by atoms with Gasteiger partial charge in [-0.1, -0.05) is 30.7 Å². The molecule has 148 valence electrons. The highest BCUT2D eigenvalue weighted by molar-refractivity contribution is 7.92. The van der Waals surface area contributed by atoms with E-state index in [9.17, 15) is 13.2 Å². The van der Waals surface area contributed by atoms with E-state index in [1.165, 1.54) is 12.1 Å². The van der Waals surface area contributed by atoms with Gasteiger partial charge in [-0.05, 0) is 49.4 Å². The number of hydrogen-bond donors (Lipinski definition) is 3. The van der Waals surface area contributed by atoms with Crippen LogP contribution in [-0.4, -0.2) is 34.0 Å². The SMILES string of the molecule is CCNCCNC(=O)c1ccc(C)c(S(=O)(=O)Nc2cccc(Cl)c2)c1.Cl. The molecule has 1 amide bonds. The Morgan fingerprint density at radius 3 is 2.52 bits per heavy atom. The lowest BCUT2D eigenvalue weighted by atomic mass is 10.1. The van der Waals surface area contributed by atoms with E-state index in [0.717, 1.165) is 6.54 Å². The molecule has 3 N–H and O–H groups in total. The van der Waals surface area contributed by atoms with Gasteiger partial charge in [0.15, 0.2) is 0 Å². The lowest BCUT2D eigenvalue weighted by Gasteiger charge is -2.12. The average molecular weight is 432 g/mol. The molecule has 0 aliphatic heterocycles. The van der Waals surface area contributed by atoms with Crippen LogP contribution in [-0.2, 0) is 10.0 Å². The number of aryl methyl sites for hydroxylation is 1. The van der Waals surface area contributed by atoms with Crippen LogP contribution in [0.25, 0.3) is 0 Å². The molecule has 27 heavy (non-hydrogen) atoms. The van der Waals surface area contributed by atoms with Gasteiger partial charge in [0.2, 0.25) is 0 Å². The maximum absolute atomic E-state index is 12.7. The summed E-state index contributed by atoms with van der Waals surface area (Å²) in [5.41, 5.74) is 1.19. The summed E-state index contributed by atoms with van der Waals surface area (Å²) < 4.78 is 27.9. The van der Waals surface area contributed by atoms with Crippen LogP contribution in [0.2, 0.25) is 5.02 Å². The summed E-state index contributed by atoms with van der Waals surface area (Å²) >= 11 is 5.90. The van der Waals surface area contributed by atoms with Crippen molar-refractivity contribution in [3.05, 3.63) is 58.6 Å². The van der Waals surface area contributed by atoms with Crippen molar-refractivity contribution in [1.82, 2.24) is 10.6 Å². The number of likely N-dealkylation sites (N-methyl/N-ethyl adjacent to an activating group) is 1. The maximum atomic E-state index is 12.7. The number of halogens is 2. The normalized spacial score (nSPS) is 10.8. The number of amides is 1. The van der Waals surface area contributed by atoms with E-state index in [1.54, 1.807) is 37.3 Å². The number of nitrogens with one attached hydrogen (secondary N) is 3. The summed E-state index contributed by atoms with van der Waals surface area (Å²) in [7, 11) is -3.85. The fraction of sp³-hybridized carbons (Fsp3) is 0.278. The first-order chi connectivity index (χ1) is 12.3. The van der Waals surface area contributed by atoms with Crippen LogP contribution in [0.5, 0.6) is 0 Å². The van der Waals surface area contributed by atoms with Gasteiger partial charge < -0.3 is 10.6 Å². The fourth-order valence-electron chi connectivity index (χ4n) is 2.34. The molecule has 0 saturated heterocycles. The predicted octanol–water partition coefficient (Wildman–Crippen LogP) is 3.21. The quantitative estimate of drug-likeness (QED) is 0.559. The standard InChI is InChI=1S/C18H22ClN3O3S.ClH/c1-3-20-9-10-21-18(23)14-8-7-13(2)17(11-14)26(24,25)22-16-6-4-5-15(19)12-16;/h4-8,11-12,20,22H,3,9-10H2,1-2H3,(H,21,23);1H. The van der Waals surface area contributed by atoms with Gasteiger partial charge in [-0.3, -0.25) is 9.52 Å². The lowest BCUT2D eigenvalue weighted by molar-refractivity contribution is 0.0953. The molecule has 2 aromatic rings. The zero-order valence-electron chi connectivity index (χ0n) is 15.1. The molecule has 2 rings (SSSR count). The first-order valence-electron chi connectivity index (χ1n) is 8.21. The van der Waals surface area contributed by atoms with Crippen molar-refractivity contribution in [1.29, 1.82) is 0 Å². The molecule has 0 heterocycles. The molecule has 0 fully saturated rings. The van der Waals surface area contributed by atoms with Gasteiger partial charge in [0, 0.05) is 23.7 Å². The summed E-state index contributed by atoms with van der Waals surface area (Å²) in [5, 5.41) is 6.28. The molecule has 2 aromatic carbocycles. The molecule has 0 unspecified atom stereocenters. The first kappa shape index (κ1) is 23.2. The number of anilines is 1. The Labute approximate surface area is 171 Å². The van der Waals surface area contributed by atoms with Gasteiger partial charge in [-0.2, -0.15) is 0 Å². The monoisotopic (exact) mass is 431 g/mol. The third kappa shape index (κ3) is 6.70. The van der Waals surface area contributed by atoms with Gasteiger partial charge in [0.1, 0.15) is 0 Å². The molecule has 0 aliphatic carbocycles. The Morgan fingerprint density at radius 1 is 1.11 bits per heavy atom. The molecule has 0 radical (unpaired) electrons. The van der Waals surface area contributed by atoms with Gasteiger partial charge in [-0.25, -0.2) is 8.42 Å². The summed E-state index contributed by atoms with van der Waals surface area (Å²) in [5.74, 6) is -0.317. The van der Waals surface area contributed by atoms with E-state index in [4.69, 9.17) is 11.6 Å². The van der Waals surface area contributed by atoms with E-state index >= 15 is 0 Å². The van der Waals surface area contributed by atoms with Crippen LogP contribution in [0.1, 0.15) is 22.8 Å². The van der Waals surface area contributed by atoms with Gasteiger partial charge >= 0.3 is 0 Å². The Bertz CT molecular complexity index is 889. The molecule has 0 aliphatic rings. The van der Waals surface area contributed by atoms with Gasteiger partial charge in [0.05, 0.1) is 10.6 Å². The number of carbonyl (C=O) groups excluding carboxylic acids is 1. The van der Waals surface area contributed by atoms with E-state index in [1.807, 2.05) is 6.92 Å². The molecule has 6 nitrogen and oxygen atoms in total. The van der Waals surface area contributed by atoms with Gasteiger partial charge in [-0.15, -0.1) is 12.4 Å². The lowest BCUT2D eigenvalue weighted by Crippen LogP contribution is -2.31. The van der Waals surface area contributed by atoms with E-state index in [0.29, 0.717) is 34.9 Å². The maximum Gasteiger partial charge on any atom is 0.262 e. The summed E-state index contributed by atoms with van der Waals surface area (Å²) in [6.45, 7) is 5.59. The summed E-state index contributed by atoms with van der Waals surface area (Å²) in [4.78, 5) is 12.3. The highest BCUT2D eigenvalue weighted by atomic mass is 35.5. The zero-order valence-corrected chi connectivity index (χ0v) is 17.5. The van der Waals surface area contributed by atoms with Crippen LogP contribution in [0.3, 0.4) is 0 Å². The highest BCUT2D eigenvalue weighted by Gasteiger charge is 2.19. The summed E-state index contributed by atoms with van der Waals surface area (Å²) in [6, 6.07) is 11.0. The van der Waals surface area contributed by atoms with Crippen molar-refractivity contribution in [3.8, 4) is 0 Å². The highest BCUT2D eigenvalue weighted by Crippen LogP contribution is 2.22. The van der Waals surface area contributed by atoms with Crippen molar-refractivity contribution >= 4 is 45.6 Å². The minimum atomic E-state index is -3.85. The van der Waals surface area contributed by atoms with E-state index < -0.39 is 10.0 Å². The predicted molar refractivity (Wildman–Crippen MR) is 112 cm³/mol. The van der Waals surface area contributed by atoms with Crippen molar-refractivity contribution in [2.45, 2.75) is 18.7 Å². The van der Waals surface area contributed by atoms with Crippen molar-refractivity contribution < 1.29 is 13.2 Å². The largest absolute Gasteiger partial charge is 0.351 e. The third-order valence-electron chi connectivity index (χ3n) is 3.65. The number of hydrogen-bond acceptors (Lipinski definition) is 4. The zero-order chi connectivity index (χ0) is 19.2. The first-order valence-corrected chi connectivity index (χ1v) is 10.1. The molecule has 9 heteroatoms. The second-order valence-corrected chi connectivity index (χ2v) is 7.79. The van der Waals surface area contributed by atoms with Crippen LogP contribution >= 0.6 is 24.0 Å². The molecule has 0 spiro atoms. The van der Waals surface area contributed by atoms with Crippen molar-refractivity contribution in [2.75, 3.05) is 24.4 Å². The number of sulfonamides is 1. The Kier molecular flexibility index (Phi) is 9.05. The Balaban J connectivity index is 0.00000364. The molecular formula is C18H23Cl2N3O3S. The number of carbonyl (C=O) groups is 1. The average Bonchev–Trinajstić information content (AvgIpc) is 2.58. The van der Waals surface area contributed by atoms with Crippen molar-refractivity contribution in [2.24, 2.45) is 0 Å². The Morgan fingerprint density at radius 2 is 1.85 bits per heavy atom. The minimum Gasteiger partial charge on any atom is -0.351 e. The van der Waals surface area contributed by atoms with Crippen LogP contribution in [0.15, 0.2) is 47.4 Å². The number of benzene rings is 2. The molecule has 0 bridgehead atoms. The summed E-state index contributed by atoms with van der Waals surface area (Å²) in [6.07, 6.45) is 0. The van der Waals surface area contributed by atoms with Crippen LogP contribution in [0, 0.1) is 6.92 Å². The van der Waals surface area contributed by atoms with E-state index in [2.05, 4.69) is 15.4 Å². The van der Waals surface area contributed by atoms with Crippen LogP contribution in [0.4, 0.5) is 5.69 Å². The second kappa shape index (κ2) is 10.5. The molecule has 0 saturated carbocycles. The fourth-order valence-corrected chi connectivity index (χ4v) is 3.85. The van der Waals surface area contributed by atoms with Gasteiger partial charge in [0.25, 0.3) is 15.9 Å². The molecule has 0 aromatic heterocycles. The second-order valence-electron chi connectivity index (χ2n) is 5.71.